The Morgan fingerprint density at radius 1 is 1.38 bits per heavy atom. The summed E-state index contributed by atoms with van der Waals surface area (Å²) >= 11 is 5.59. The van der Waals surface area contributed by atoms with Gasteiger partial charge in [-0.15, -0.1) is 11.6 Å². The molecular weight excluding hydrogens is 224 g/mol. The molecule has 0 saturated heterocycles. The van der Waals surface area contributed by atoms with Gasteiger partial charge in [-0.2, -0.15) is 0 Å². The van der Waals surface area contributed by atoms with Crippen LogP contribution < -0.4 is 0 Å². The fraction of sp³-hybridized carbons (Fsp3) is 0.417. The predicted molar refractivity (Wildman–Crippen MR) is 65.9 cm³/mol. The molecule has 2 rings (SSSR count). The van der Waals surface area contributed by atoms with Gasteiger partial charge in [-0.3, -0.25) is 0 Å². The first-order chi connectivity index (χ1) is 7.61. The maximum absolute atomic E-state index is 9.53. The maximum Gasteiger partial charge on any atom is 0.0959 e. The van der Waals surface area contributed by atoms with Gasteiger partial charge in [-0.05, 0) is 37.1 Å². The Balaban J connectivity index is 2.44. The highest BCUT2D eigenvalue weighted by molar-refractivity contribution is 6.18. The molecule has 1 unspecified atom stereocenters. The standard InChI is InChI=1S/C12H15ClN2O/c1-8-3-11-12(4-9(8)2)15(7-14-11)6-10(16)5-13/h3-4,7,10,16H,5-6H2,1-2H3. The molecule has 0 spiro atoms. The van der Waals surface area contributed by atoms with Gasteiger partial charge in [0.05, 0.1) is 35.9 Å². The monoisotopic (exact) mass is 238 g/mol. The first-order valence-corrected chi connectivity index (χ1v) is 5.81. The molecule has 0 saturated carbocycles. The number of rotatable bonds is 3. The van der Waals surface area contributed by atoms with Crippen molar-refractivity contribution in [2.24, 2.45) is 0 Å². The largest absolute Gasteiger partial charge is 0.390 e. The number of nitrogens with zero attached hydrogens (tertiary/aromatic N) is 2. The van der Waals surface area contributed by atoms with Crippen molar-refractivity contribution < 1.29 is 5.11 Å². The van der Waals surface area contributed by atoms with Crippen molar-refractivity contribution in [2.45, 2.75) is 26.5 Å². The van der Waals surface area contributed by atoms with Crippen LogP contribution in [0, 0.1) is 13.8 Å². The molecule has 16 heavy (non-hydrogen) atoms. The van der Waals surface area contributed by atoms with E-state index in [1.807, 2.05) is 4.57 Å². The number of benzene rings is 1. The summed E-state index contributed by atoms with van der Waals surface area (Å²) in [5.74, 6) is 0.241. The Morgan fingerprint density at radius 3 is 2.75 bits per heavy atom. The third-order valence-electron chi connectivity index (χ3n) is 2.82. The van der Waals surface area contributed by atoms with Gasteiger partial charge in [-0.25, -0.2) is 4.98 Å². The highest BCUT2D eigenvalue weighted by Gasteiger charge is 2.08. The lowest BCUT2D eigenvalue weighted by Gasteiger charge is -2.09. The molecule has 0 bridgehead atoms. The number of hydrogen-bond donors (Lipinski definition) is 1. The van der Waals surface area contributed by atoms with Crippen molar-refractivity contribution >= 4 is 22.6 Å². The topological polar surface area (TPSA) is 38.0 Å². The third-order valence-corrected chi connectivity index (χ3v) is 3.18. The zero-order valence-corrected chi connectivity index (χ0v) is 10.2. The molecule has 0 fully saturated rings. The van der Waals surface area contributed by atoms with E-state index in [0.717, 1.165) is 11.0 Å². The van der Waals surface area contributed by atoms with E-state index in [1.54, 1.807) is 6.33 Å². The summed E-state index contributed by atoms with van der Waals surface area (Å²) < 4.78 is 1.94. The van der Waals surface area contributed by atoms with E-state index in [4.69, 9.17) is 11.6 Å². The zero-order valence-electron chi connectivity index (χ0n) is 9.44. The molecule has 0 aliphatic carbocycles. The van der Waals surface area contributed by atoms with Crippen LogP contribution in [-0.4, -0.2) is 26.6 Å². The number of alkyl halides is 1. The van der Waals surface area contributed by atoms with Gasteiger partial charge < -0.3 is 9.67 Å². The Bertz CT molecular complexity index is 507. The van der Waals surface area contributed by atoms with Crippen LogP contribution >= 0.6 is 11.6 Å². The van der Waals surface area contributed by atoms with E-state index in [1.165, 1.54) is 11.1 Å². The van der Waals surface area contributed by atoms with Crippen molar-refractivity contribution in [3.05, 3.63) is 29.6 Å². The van der Waals surface area contributed by atoms with Crippen molar-refractivity contribution in [3.8, 4) is 0 Å². The summed E-state index contributed by atoms with van der Waals surface area (Å²) in [5, 5.41) is 9.53. The van der Waals surface area contributed by atoms with E-state index in [2.05, 4.69) is 31.0 Å². The summed E-state index contributed by atoms with van der Waals surface area (Å²) in [6, 6.07) is 4.16. The molecular formula is C12H15ClN2O. The summed E-state index contributed by atoms with van der Waals surface area (Å²) in [6.45, 7) is 4.63. The van der Waals surface area contributed by atoms with Crippen LogP contribution in [0.1, 0.15) is 11.1 Å². The van der Waals surface area contributed by atoms with E-state index >= 15 is 0 Å². The predicted octanol–water partition coefficient (Wildman–Crippen LogP) is 2.25. The Morgan fingerprint density at radius 2 is 2.06 bits per heavy atom. The molecule has 1 N–H and O–H groups in total. The lowest BCUT2D eigenvalue weighted by atomic mass is 10.1. The SMILES string of the molecule is Cc1cc2ncn(CC(O)CCl)c2cc1C. The summed E-state index contributed by atoms with van der Waals surface area (Å²) in [7, 11) is 0. The maximum atomic E-state index is 9.53. The molecule has 0 radical (unpaired) electrons. The summed E-state index contributed by atoms with van der Waals surface area (Å²) in [6.07, 6.45) is 1.22. The van der Waals surface area contributed by atoms with Crippen LogP contribution in [-0.2, 0) is 6.54 Å². The highest BCUT2D eigenvalue weighted by atomic mass is 35.5. The second-order valence-corrected chi connectivity index (χ2v) is 4.44. The summed E-state index contributed by atoms with van der Waals surface area (Å²) in [4.78, 5) is 4.32. The first kappa shape index (κ1) is 11.4. The molecule has 1 atom stereocenters. The van der Waals surface area contributed by atoms with Gasteiger partial charge in [0.2, 0.25) is 0 Å². The average molecular weight is 239 g/mol. The van der Waals surface area contributed by atoms with Gasteiger partial charge in [0.1, 0.15) is 0 Å². The van der Waals surface area contributed by atoms with Crippen LogP contribution in [0.25, 0.3) is 11.0 Å². The quantitative estimate of drug-likeness (QED) is 0.833. The van der Waals surface area contributed by atoms with Gasteiger partial charge in [-0.1, -0.05) is 0 Å². The van der Waals surface area contributed by atoms with E-state index in [0.29, 0.717) is 6.54 Å². The van der Waals surface area contributed by atoms with E-state index < -0.39 is 6.10 Å². The van der Waals surface area contributed by atoms with Crippen LogP contribution in [0.4, 0.5) is 0 Å². The van der Waals surface area contributed by atoms with E-state index in [9.17, 15) is 5.11 Å². The molecule has 0 amide bonds. The van der Waals surface area contributed by atoms with E-state index in [-0.39, 0.29) is 5.88 Å². The lowest BCUT2D eigenvalue weighted by molar-refractivity contribution is 0.178. The number of aromatic nitrogens is 2. The Hall–Kier alpha value is -1.06. The zero-order chi connectivity index (χ0) is 11.7. The number of aliphatic hydroxyl groups excluding tert-OH is 1. The number of imidazole rings is 1. The number of aliphatic hydroxyl groups is 1. The lowest BCUT2D eigenvalue weighted by Crippen LogP contribution is -2.16. The molecule has 1 heterocycles. The van der Waals surface area contributed by atoms with Crippen molar-refractivity contribution in [2.75, 3.05) is 5.88 Å². The fourth-order valence-corrected chi connectivity index (χ4v) is 1.83. The van der Waals surface area contributed by atoms with Crippen molar-refractivity contribution in [3.63, 3.8) is 0 Å². The number of aryl methyl sites for hydroxylation is 2. The molecule has 2 aromatic rings. The first-order valence-electron chi connectivity index (χ1n) is 5.28. The molecule has 0 aliphatic heterocycles. The number of hydrogen-bond acceptors (Lipinski definition) is 2. The minimum atomic E-state index is -0.527. The van der Waals surface area contributed by atoms with Gasteiger partial charge in [0.25, 0.3) is 0 Å². The van der Waals surface area contributed by atoms with Crippen LogP contribution in [0.3, 0.4) is 0 Å². The number of halogens is 1. The number of fused-ring (bicyclic) bond motifs is 1. The van der Waals surface area contributed by atoms with Crippen molar-refractivity contribution in [1.82, 2.24) is 9.55 Å². The molecule has 1 aromatic carbocycles. The van der Waals surface area contributed by atoms with Crippen LogP contribution in [0.2, 0.25) is 0 Å². The van der Waals surface area contributed by atoms with Gasteiger partial charge in [0, 0.05) is 0 Å². The Kier molecular flexibility index (Phi) is 3.17. The van der Waals surface area contributed by atoms with Crippen molar-refractivity contribution in [1.29, 1.82) is 0 Å². The van der Waals surface area contributed by atoms with Gasteiger partial charge in [0.15, 0.2) is 0 Å². The Labute approximate surface area is 99.7 Å². The second-order valence-electron chi connectivity index (χ2n) is 4.13. The molecule has 4 heteroatoms. The second kappa shape index (κ2) is 4.44. The minimum Gasteiger partial charge on any atom is -0.390 e. The fourth-order valence-electron chi connectivity index (χ4n) is 1.73. The smallest absolute Gasteiger partial charge is 0.0959 e. The molecule has 0 aliphatic rings. The molecule has 1 aromatic heterocycles. The normalized spacial score (nSPS) is 13.2. The molecule has 3 nitrogen and oxygen atoms in total. The van der Waals surface area contributed by atoms with Crippen LogP contribution in [0.5, 0.6) is 0 Å². The molecule has 86 valence electrons. The van der Waals surface area contributed by atoms with Crippen LogP contribution in [0.15, 0.2) is 18.5 Å². The highest BCUT2D eigenvalue weighted by Crippen LogP contribution is 2.18. The summed E-state index contributed by atoms with van der Waals surface area (Å²) in [5.41, 5.74) is 4.47. The van der Waals surface area contributed by atoms with Gasteiger partial charge >= 0.3 is 0 Å². The average Bonchev–Trinajstić information content (AvgIpc) is 2.62. The minimum absolute atomic E-state index is 0.241. The third kappa shape index (κ3) is 2.06.